The summed E-state index contributed by atoms with van der Waals surface area (Å²) < 4.78 is 1.79. The van der Waals surface area contributed by atoms with Crippen LogP contribution >= 0.6 is 15.9 Å². The van der Waals surface area contributed by atoms with Crippen molar-refractivity contribution in [2.45, 2.75) is 19.5 Å². The van der Waals surface area contributed by atoms with E-state index in [0.717, 1.165) is 0 Å². The van der Waals surface area contributed by atoms with Crippen molar-refractivity contribution in [1.29, 1.82) is 0 Å². The van der Waals surface area contributed by atoms with Crippen molar-refractivity contribution in [1.82, 2.24) is 9.78 Å². The summed E-state index contributed by atoms with van der Waals surface area (Å²) in [4.78, 5) is 11.8. The molecule has 0 bridgehead atoms. The van der Waals surface area contributed by atoms with Gasteiger partial charge in [0, 0.05) is 12.6 Å². The molecule has 1 unspecified atom stereocenters. The second-order valence-electron chi connectivity index (χ2n) is 3.51. The van der Waals surface area contributed by atoms with Gasteiger partial charge in [0.15, 0.2) is 0 Å². The van der Waals surface area contributed by atoms with Crippen molar-refractivity contribution in [3.63, 3.8) is 0 Å². The monoisotopic (exact) mass is 286 g/mol. The smallest absolute Gasteiger partial charge is 0.283 e. The number of rotatable bonds is 5. The van der Waals surface area contributed by atoms with Crippen molar-refractivity contribution >= 4 is 21.6 Å². The molecule has 0 radical (unpaired) electrons. The quantitative estimate of drug-likeness (QED) is 0.791. The highest BCUT2D eigenvalue weighted by molar-refractivity contribution is 9.10. The van der Waals surface area contributed by atoms with E-state index in [2.05, 4.69) is 32.9 Å². The number of allylic oxidation sites excluding steroid dienone is 1. The van der Waals surface area contributed by atoms with Gasteiger partial charge in [-0.2, -0.15) is 5.10 Å². The van der Waals surface area contributed by atoms with E-state index in [9.17, 15) is 4.79 Å². The maximum absolute atomic E-state index is 11.8. The van der Waals surface area contributed by atoms with E-state index in [-0.39, 0.29) is 11.6 Å². The molecule has 16 heavy (non-hydrogen) atoms. The molecular formula is C10H15BrN4O. The van der Waals surface area contributed by atoms with Gasteiger partial charge in [0.25, 0.3) is 5.56 Å². The van der Waals surface area contributed by atoms with E-state index in [4.69, 9.17) is 5.73 Å². The van der Waals surface area contributed by atoms with Gasteiger partial charge in [-0.25, -0.2) is 4.68 Å². The molecule has 0 aliphatic carbocycles. The lowest BCUT2D eigenvalue weighted by Crippen LogP contribution is -2.28. The maximum Gasteiger partial charge on any atom is 0.283 e. The van der Waals surface area contributed by atoms with Gasteiger partial charge in [-0.15, -0.1) is 6.58 Å². The topological polar surface area (TPSA) is 72.9 Å². The molecular weight excluding hydrogens is 272 g/mol. The van der Waals surface area contributed by atoms with Crippen molar-refractivity contribution in [2.75, 3.05) is 11.9 Å². The summed E-state index contributed by atoms with van der Waals surface area (Å²) >= 11 is 3.24. The Kier molecular flexibility index (Phi) is 4.70. The Morgan fingerprint density at radius 3 is 3.06 bits per heavy atom. The third-order valence-electron chi connectivity index (χ3n) is 1.90. The summed E-state index contributed by atoms with van der Waals surface area (Å²) in [5, 5.41) is 7.06. The van der Waals surface area contributed by atoms with Gasteiger partial charge < -0.3 is 11.1 Å². The lowest BCUT2D eigenvalue weighted by molar-refractivity contribution is 0.648. The number of nitrogens with two attached hydrogens (primary N) is 1. The predicted octanol–water partition coefficient (Wildman–Crippen LogP) is 0.951. The molecule has 0 amide bonds. The first-order valence-corrected chi connectivity index (χ1v) is 5.71. The van der Waals surface area contributed by atoms with Gasteiger partial charge in [-0.1, -0.05) is 6.08 Å². The van der Waals surface area contributed by atoms with Gasteiger partial charge in [-0.05, 0) is 22.9 Å². The average Bonchev–Trinajstić information content (AvgIpc) is 2.24. The number of aromatic nitrogens is 2. The highest BCUT2D eigenvalue weighted by atomic mass is 79.9. The van der Waals surface area contributed by atoms with Crippen LogP contribution < -0.4 is 16.6 Å². The van der Waals surface area contributed by atoms with Gasteiger partial charge in [0.2, 0.25) is 0 Å². The molecule has 0 fully saturated rings. The van der Waals surface area contributed by atoms with E-state index in [1.54, 1.807) is 12.3 Å². The second-order valence-corrected chi connectivity index (χ2v) is 4.30. The Bertz CT molecular complexity index is 427. The largest absolute Gasteiger partial charge is 0.381 e. The zero-order valence-electron chi connectivity index (χ0n) is 9.11. The average molecular weight is 287 g/mol. The Hall–Kier alpha value is -1.14. The molecule has 1 rings (SSSR count). The summed E-state index contributed by atoms with van der Waals surface area (Å²) in [7, 11) is 0. The normalized spacial score (nSPS) is 12.2. The molecule has 0 saturated heterocycles. The minimum absolute atomic E-state index is 0.0162. The summed E-state index contributed by atoms with van der Waals surface area (Å²) in [5.41, 5.74) is 6.08. The third-order valence-corrected chi connectivity index (χ3v) is 2.67. The van der Waals surface area contributed by atoms with E-state index in [1.165, 1.54) is 4.68 Å². The van der Waals surface area contributed by atoms with Crippen LogP contribution in [0.2, 0.25) is 0 Å². The maximum atomic E-state index is 11.8. The van der Waals surface area contributed by atoms with Crippen molar-refractivity contribution in [2.24, 2.45) is 5.73 Å². The Labute approximate surface area is 102 Å². The number of anilines is 1. The zero-order valence-corrected chi connectivity index (χ0v) is 10.7. The molecule has 1 heterocycles. The summed E-state index contributed by atoms with van der Waals surface area (Å²) in [5.74, 6) is 0. The summed E-state index contributed by atoms with van der Waals surface area (Å²) in [6.07, 6.45) is 3.22. The SMILES string of the molecule is C=CCn1ncc(NCC(C)N)c(Br)c1=O. The molecule has 0 saturated carbocycles. The van der Waals surface area contributed by atoms with Crippen LogP contribution in [0.25, 0.3) is 0 Å². The van der Waals surface area contributed by atoms with Crippen LogP contribution in [-0.4, -0.2) is 22.4 Å². The number of hydrogen-bond donors (Lipinski definition) is 2. The van der Waals surface area contributed by atoms with E-state index in [1.807, 2.05) is 6.92 Å². The summed E-state index contributed by atoms with van der Waals surface area (Å²) in [6.45, 7) is 6.43. The number of nitrogens with zero attached hydrogens (tertiary/aromatic N) is 2. The minimum Gasteiger partial charge on any atom is -0.381 e. The van der Waals surface area contributed by atoms with E-state index < -0.39 is 0 Å². The fraction of sp³-hybridized carbons (Fsp3) is 0.400. The van der Waals surface area contributed by atoms with E-state index >= 15 is 0 Å². The molecule has 0 aliphatic rings. The molecule has 3 N–H and O–H groups in total. The van der Waals surface area contributed by atoms with Gasteiger partial charge >= 0.3 is 0 Å². The lowest BCUT2D eigenvalue weighted by Gasteiger charge is -2.11. The van der Waals surface area contributed by atoms with Gasteiger partial charge in [0.1, 0.15) is 4.47 Å². The van der Waals surface area contributed by atoms with Crippen molar-refractivity contribution < 1.29 is 0 Å². The predicted molar refractivity (Wildman–Crippen MR) is 68.5 cm³/mol. The molecule has 0 aromatic carbocycles. The zero-order chi connectivity index (χ0) is 12.1. The highest BCUT2D eigenvalue weighted by Crippen LogP contribution is 2.15. The number of halogens is 1. The Morgan fingerprint density at radius 2 is 2.50 bits per heavy atom. The molecule has 88 valence electrons. The van der Waals surface area contributed by atoms with Gasteiger partial charge in [0.05, 0.1) is 18.4 Å². The van der Waals surface area contributed by atoms with Crippen LogP contribution in [0, 0.1) is 0 Å². The molecule has 1 atom stereocenters. The first kappa shape index (κ1) is 12.9. The molecule has 0 aliphatic heterocycles. The first-order chi connectivity index (χ1) is 7.56. The Balaban J connectivity index is 2.93. The fourth-order valence-electron chi connectivity index (χ4n) is 1.11. The van der Waals surface area contributed by atoms with Crippen molar-refractivity contribution in [3.05, 3.63) is 33.7 Å². The summed E-state index contributed by atoms with van der Waals surface area (Å²) in [6, 6.07) is 0.0162. The molecule has 6 heteroatoms. The first-order valence-electron chi connectivity index (χ1n) is 4.92. The van der Waals surface area contributed by atoms with Crippen molar-refractivity contribution in [3.8, 4) is 0 Å². The van der Waals surface area contributed by atoms with Crippen LogP contribution in [0.4, 0.5) is 5.69 Å². The second kappa shape index (κ2) is 5.81. The fourth-order valence-corrected chi connectivity index (χ4v) is 1.56. The van der Waals surface area contributed by atoms with Crippen LogP contribution in [0.3, 0.4) is 0 Å². The number of nitrogens with one attached hydrogen (secondary N) is 1. The minimum atomic E-state index is -0.186. The van der Waals surface area contributed by atoms with Crippen LogP contribution in [0.5, 0.6) is 0 Å². The highest BCUT2D eigenvalue weighted by Gasteiger charge is 2.07. The van der Waals surface area contributed by atoms with Crippen LogP contribution in [0.15, 0.2) is 28.1 Å². The molecule has 0 spiro atoms. The molecule has 1 aromatic rings. The standard InChI is InChI=1S/C10H15BrN4O/c1-3-4-15-10(16)9(11)8(6-14-15)13-5-7(2)12/h3,6-7,13H,1,4-5,12H2,2H3. The lowest BCUT2D eigenvalue weighted by atomic mass is 10.3. The van der Waals surface area contributed by atoms with Crippen LogP contribution in [-0.2, 0) is 6.54 Å². The van der Waals surface area contributed by atoms with Crippen LogP contribution in [0.1, 0.15) is 6.92 Å². The van der Waals surface area contributed by atoms with E-state index in [0.29, 0.717) is 23.2 Å². The van der Waals surface area contributed by atoms with Gasteiger partial charge in [-0.3, -0.25) is 4.79 Å². The molecule has 5 nitrogen and oxygen atoms in total. The Morgan fingerprint density at radius 1 is 1.81 bits per heavy atom. The molecule has 1 aromatic heterocycles. The third kappa shape index (κ3) is 3.18. The number of hydrogen-bond acceptors (Lipinski definition) is 4.